The maximum Gasteiger partial charge on any atom is 0.292 e. The van der Waals surface area contributed by atoms with Crippen LogP contribution in [0.15, 0.2) is 29.4 Å². The highest BCUT2D eigenvalue weighted by Crippen LogP contribution is 2.21. The van der Waals surface area contributed by atoms with Crippen LogP contribution in [0, 0.1) is 0 Å². The molecule has 126 valence electrons. The number of nitrogens with one attached hydrogen (secondary N) is 2. The molecule has 0 fully saturated rings. The zero-order valence-corrected chi connectivity index (χ0v) is 13.8. The number of nitrogens with zero attached hydrogens (tertiary/aromatic N) is 2. The van der Waals surface area contributed by atoms with Gasteiger partial charge in [0, 0.05) is 17.0 Å². The third kappa shape index (κ3) is 3.82. The lowest BCUT2D eigenvalue weighted by molar-refractivity contribution is 0.0948. The van der Waals surface area contributed by atoms with Gasteiger partial charge in [-0.2, -0.15) is 10.2 Å². The van der Waals surface area contributed by atoms with Gasteiger partial charge in [-0.15, -0.1) is 0 Å². The first-order valence-corrected chi connectivity index (χ1v) is 8.31. The van der Waals surface area contributed by atoms with Crippen LogP contribution in [0.5, 0.6) is 5.75 Å². The normalized spacial score (nSPS) is 14.3. The van der Waals surface area contributed by atoms with Crippen LogP contribution in [-0.2, 0) is 19.3 Å². The fourth-order valence-electron chi connectivity index (χ4n) is 2.91. The Hall–Kier alpha value is -2.63. The third-order valence-electron chi connectivity index (χ3n) is 4.33. The Balaban J connectivity index is 1.55. The van der Waals surface area contributed by atoms with Gasteiger partial charge in [-0.05, 0) is 63.1 Å². The second-order valence-electron chi connectivity index (χ2n) is 6.19. The number of phenols is 1. The van der Waals surface area contributed by atoms with Crippen molar-refractivity contribution in [2.75, 3.05) is 0 Å². The molecule has 1 heterocycles. The Morgan fingerprint density at radius 3 is 2.83 bits per heavy atom. The molecule has 0 aliphatic heterocycles. The maximum absolute atomic E-state index is 12.3. The van der Waals surface area contributed by atoms with Gasteiger partial charge in [-0.25, -0.2) is 5.43 Å². The minimum absolute atomic E-state index is 0.251. The molecule has 0 spiro atoms. The van der Waals surface area contributed by atoms with Crippen LogP contribution < -0.4 is 5.43 Å². The Labute approximate surface area is 141 Å². The predicted molar refractivity (Wildman–Crippen MR) is 92.2 cm³/mol. The van der Waals surface area contributed by atoms with Gasteiger partial charge in [0.2, 0.25) is 0 Å². The smallest absolute Gasteiger partial charge is 0.292 e. The average Bonchev–Trinajstić information content (AvgIpc) is 3.03. The number of hydrogen-bond acceptors (Lipinski definition) is 4. The molecule has 1 amide bonds. The number of carbonyl (C=O) groups is 1. The number of benzene rings is 1. The van der Waals surface area contributed by atoms with Crippen molar-refractivity contribution in [3.63, 3.8) is 0 Å². The lowest BCUT2D eigenvalue weighted by atomic mass is 9.96. The van der Waals surface area contributed by atoms with Crippen molar-refractivity contribution >= 4 is 11.6 Å². The van der Waals surface area contributed by atoms with Crippen LogP contribution >= 0.6 is 0 Å². The van der Waals surface area contributed by atoms with Crippen LogP contribution in [0.1, 0.15) is 53.5 Å². The highest BCUT2D eigenvalue weighted by atomic mass is 16.3. The molecule has 0 bridgehead atoms. The third-order valence-corrected chi connectivity index (χ3v) is 4.33. The SMILES string of the molecule is C/C(CCc1ccc(O)cc1)=N\NC(=O)c1n[nH]c2c1CCCC2. The predicted octanol–water partition coefficient (Wildman–Crippen LogP) is 2.73. The van der Waals surface area contributed by atoms with E-state index in [0.717, 1.165) is 61.1 Å². The van der Waals surface area contributed by atoms with Crippen molar-refractivity contribution in [2.45, 2.75) is 45.4 Å². The quantitative estimate of drug-likeness (QED) is 0.583. The summed E-state index contributed by atoms with van der Waals surface area (Å²) in [6.07, 6.45) is 5.65. The van der Waals surface area contributed by atoms with Crippen molar-refractivity contribution in [3.8, 4) is 5.75 Å². The number of aromatic nitrogens is 2. The number of phenolic OH excluding ortho intramolecular Hbond substituents is 1. The summed E-state index contributed by atoms with van der Waals surface area (Å²) in [7, 11) is 0. The van der Waals surface area contributed by atoms with Crippen LogP contribution in [-0.4, -0.2) is 26.9 Å². The second-order valence-corrected chi connectivity index (χ2v) is 6.19. The fourth-order valence-corrected chi connectivity index (χ4v) is 2.91. The molecule has 6 heteroatoms. The summed E-state index contributed by atoms with van der Waals surface area (Å²) in [5.74, 6) is 0.0112. The number of rotatable bonds is 5. The van der Waals surface area contributed by atoms with E-state index in [-0.39, 0.29) is 11.7 Å². The minimum atomic E-state index is -0.251. The molecule has 2 aromatic rings. The monoisotopic (exact) mass is 326 g/mol. The van der Waals surface area contributed by atoms with Crippen molar-refractivity contribution in [1.29, 1.82) is 0 Å². The topological polar surface area (TPSA) is 90.4 Å². The van der Waals surface area contributed by atoms with Gasteiger partial charge < -0.3 is 5.11 Å². The molecule has 24 heavy (non-hydrogen) atoms. The molecule has 0 radical (unpaired) electrons. The van der Waals surface area contributed by atoms with Gasteiger partial charge in [0.1, 0.15) is 5.75 Å². The summed E-state index contributed by atoms with van der Waals surface area (Å²) in [6.45, 7) is 1.89. The number of fused-ring (bicyclic) bond motifs is 1. The van der Waals surface area contributed by atoms with E-state index in [4.69, 9.17) is 0 Å². The summed E-state index contributed by atoms with van der Waals surface area (Å²) in [5.41, 5.74) is 7.17. The molecule has 1 aliphatic rings. The van der Waals surface area contributed by atoms with E-state index < -0.39 is 0 Å². The standard InChI is InChI=1S/C18H22N4O2/c1-12(6-7-13-8-10-14(23)11-9-13)19-22-18(24)17-15-4-2-3-5-16(15)20-21-17/h8-11,23H,2-7H2,1H3,(H,20,21)(H,22,24)/b19-12+. The summed E-state index contributed by atoms with van der Waals surface area (Å²) in [5, 5.41) is 20.6. The van der Waals surface area contributed by atoms with E-state index in [1.807, 2.05) is 19.1 Å². The van der Waals surface area contributed by atoms with E-state index in [1.54, 1.807) is 12.1 Å². The van der Waals surface area contributed by atoms with Crippen LogP contribution in [0.4, 0.5) is 0 Å². The number of H-pyrrole nitrogens is 1. The molecular weight excluding hydrogens is 304 g/mol. The lowest BCUT2D eigenvalue weighted by Crippen LogP contribution is -2.21. The summed E-state index contributed by atoms with van der Waals surface area (Å²) < 4.78 is 0. The fraction of sp³-hybridized carbons (Fsp3) is 0.389. The van der Waals surface area contributed by atoms with Crippen molar-refractivity contribution in [1.82, 2.24) is 15.6 Å². The van der Waals surface area contributed by atoms with E-state index in [0.29, 0.717) is 5.69 Å². The van der Waals surface area contributed by atoms with Gasteiger partial charge >= 0.3 is 0 Å². The first-order valence-electron chi connectivity index (χ1n) is 8.31. The number of aromatic amines is 1. The lowest BCUT2D eigenvalue weighted by Gasteiger charge is -2.10. The number of carbonyl (C=O) groups excluding carboxylic acids is 1. The minimum Gasteiger partial charge on any atom is -0.508 e. The molecule has 3 rings (SSSR count). The molecule has 0 atom stereocenters. The largest absolute Gasteiger partial charge is 0.508 e. The highest BCUT2D eigenvalue weighted by molar-refractivity contribution is 5.95. The van der Waals surface area contributed by atoms with Gasteiger partial charge in [-0.1, -0.05) is 12.1 Å². The molecule has 0 saturated carbocycles. The number of hydrogen-bond donors (Lipinski definition) is 3. The van der Waals surface area contributed by atoms with Crippen LogP contribution in [0.25, 0.3) is 0 Å². The summed E-state index contributed by atoms with van der Waals surface area (Å²) >= 11 is 0. The van der Waals surface area contributed by atoms with Gasteiger partial charge in [0.25, 0.3) is 5.91 Å². The Morgan fingerprint density at radius 2 is 2.04 bits per heavy atom. The number of aromatic hydroxyl groups is 1. The molecule has 0 unspecified atom stereocenters. The second kappa shape index (κ2) is 7.29. The van der Waals surface area contributed by atoms with Crippen LogP contribution in [0.3, 0.4) is 0 Å². The number of aryl methyl sites for hydroxylation is 2. The molecular formula is C18H22N4O2. The molecule has 0 saturated heterocycles. The van der Waals surface area contributed by atoms with Gasteiger partial charge in [-0.3, -0.25) is 9.89 Å². The average molecular weight is 326 g/mol. The molecule has 3 N–H and O–H groups in total. The van der Waals surface area contributed by atoms with E-state index in [9.17, 15) is 9.90 Å². The van der Waals surface area contributed by atoms with Gasteiger partial charge in [0.15, 0.2) is 5.69 Å². The number of amides is 1. The van der Waals surface area contributed by atoms with E-state index >= 15 is 0 Å². The first-order chi connectivity index (χ1) is 11.6. The zero-order chi connectivity index (χ0) is 16.9. The molecule has 6 nitrogen and oxygen atoms in total. The van der Waals surface area contributed by atoms with E-state index in [1.165, 1.54) is 0 Å². The Kier molecular flexibility index (Phi) is 4.93. The zero-order valence-electron chi connectivity index (χ0n) is 13.8. The van der Waals surface area contributed by atoms with Crippen LogP contribution in [0.2, 0.25) is 0 Å². The van der Waals surface area contributed by atoms with Crippen molar-refractivity contribution < 1.29 is 9.90 Å². The van der Waals surface area contributed by atoms with Crippen molar-refractivity contribution in [3.05, 3.63) is 46.8 Å². The Morgan fingerprint density at radius 1 is 1.29 bits per heavy atom. The summed E-state index contributed by atoms with van der Waals surface area (Å²) in [6, 6.07) is 7.11. The number of hydrazone groups is 1. The molecule has 1 aromatic carbocycles. The maximum atomic E-state index is 12.3. The van der Waals surface area contributed by atoms with Gasteiger partial charge in [0.05, 0.1) is 0 Å². The van der Waals surface area contributed by atoms with Crippen molar-refractivity contribution in [2.24, 2.45) is 5.10 Å². The first kappa shape index (κ1) is 16.2. The van der Waals surface area contributed by atoms with E-state index in [2.05, 4.69) is 20.7 Å². The molecule has 1 aromatic heterocycles. The molecule has 1 aliphatic carbocycles. The highest BCUT2D eigenvalue weighted by Gasteiger charge is 2.21. The Bertz CT molecular complexity index is 747. The summed E-state index contributed by atoms with van der Waals surface area (Å²) in [4.78, 5) is 12.3.